The van der Waals surface area contributed by atoms with Crippen molar-refractivity contribution in [3.05, 3.63) is 94.3 Å². The minimum Gasteiger partial charge on any atom is -0.375 e. The number of hydrogen-bond donors (Lipinski definition) is 2. The molecule has 36 heavy (non-hydrogen) atoms. The topological polar surface area (TPSA) is 73.9 Å². The molecule has 1 saturated heterocycles. The van der Waals surface area contributed by atoms with Crippen LogP contribution in [-0.4, -0.2) is 32.9 Å². The monoisotopic (exact) mass is 479 g/mol. The third-order valence-corrected chi connectivity index (χ3v) is 7.10. The van der Waals surface area contributed by atoms with E-state index in [1.807, 2.05) is 37.4 Å². The molecule has 0 spiro atoms. The van der Waals surface area contributed by atoms with Crippen molar-refractivity contribution in [2.45, 2.75) is 46.0 Å². The van der Waals surface area contributed by atoms with E-state index in [0.717, 1.165) is 60.4 Å². The molecule has 6 heteroatoms. The van der Waals surface area contributed by atoms with Crippen molar-refractivity contribution in [2.24, 2.45) is 0 Å². The number of benzene rings is 1. The molecule has 0 bridgehead atoms. The molecule has 1 aliphatic rings. The number of pyridine rings is 3. The predicted octanol–water partition coefficient (Wildman–Crippen LogP) is 6.53. The zero-order valence-corrected chi connectivity index (χ0v) is 21.2. The number of allylic oxidation sites excluding steroid dienone is 2. The summed E-state index contributed by atoms with van der Waals surface area (Å²) in [7, 11) is 0. The number of hydrogen-bond acceptors (Lipinski definition) is 5. The fourth-order valence-corrected chi connectivity index (χ4v) is 5.04. The molecular weight excluding hydrogens is 446 g/mol. The summed E-state index contributed by atoms with van der Waals surface area (Å²) < 4.78 is 0. The van der Waals surface area contributed by atoms with E-state index >= 15 is 0 Å². The Morgan fingerprint density at radius 2 is 1.92 bits per heavy atom. The summed E-state index contributed by atoms with van der Waals surface area (Å²) >= 11 is 0. The minimum absolute atomic E-state index is 0.160. The van der Waals surface area contributed by atoms with Crippen molar-refractivity contribution in [3.8, 4) is 11.3 Å². The third-order valence-electron chi connectivity index (χ3n) is 7.10. The Morgan fingerprint density at radius 1 is 1.14 bits per heavy atom. The molecule has 1 aromatic carbocycles. The van der Waals surface area contributed by atoms with Gasteiger partial charge in [-0.25, -0.2) is 4.98 Å². The Morgan fingerprint density at radius 3 is 2.61 bits per heavy atom. The molecule has 1 aliphatic heterocycles. The highest BCUT2D eigenvalue weighted by atomic mass is 16.1. The van der Waals surface area contributed by atoms with Crippen molar-refractivity contribution in [1.82, 2.24) is 19.9 Å². The molecule has 0 unspecified atom stereocenters. The molecule has 184 valence electrons. The van der Waals surface area contributed by atoms with Crippen LogP contribution in [0.25, 0.3) is 22.0 Å². The summed E-state index contributed by atoms with van der Waals surface area (Å²) in [5, 5.41) is 4.79. The average molecular weight is 480 g/mol. The van der Waals surface area contributed by atoms with Gasteiger partial charge in [-0.05, 0) is 86.4 Å². The van der Waals surface area contributed by atoms with Crippen LogP contribution in [0, 0.1) is 6.92 Å². The van der Waals surface area contributed by atoms with Crippen LogP contribution in [-0.2, 0) is 0 Å². The number of anilines is 2. The lowest BCUT2D eigenvalue weighted by Gasteiger charge is -2.34. The van der Waals surface area contributed by atoms with Gasteiger partial charge in [0.15, 0.2) is 0 Å². The van der Waals surface area contributed by atoms with Gasteiger partial charge in [0.1, 0.15) is 5.82 Å². The van der Waals surface area contributed by atoms with Crippen molar-refractivity contribution in [2.75, 3.05) is 18.4 Å². The van der Waals surface area contributed by atoms with Crippen molar-refractivity contribution >= 4 is 22.3 Å². The number of aromatic nitrogens is 3. The normalized spacial score (nSPS) is 14.9. The first kappa shape index (κ1) is 23.8. The first-order valence-electron chi connectivity index (χ1n) is 12.8. The highest BCUT2D eigenvalue weighted by Crippen LogP contribution is 2.32. The van der Waals surface area contributed by atoms with Gasteiger partial charge in [-0.3, -0.25) is 9.78 Å². The second-order valence-electron chi connectivity index (χ2n) is 9.58. The molecule has 0 atom stereocenters. The Balaban J connectivity index is 1.38. The van der Waals surface area contributed by atoms with Crippen LogP contribution in [0.15, 0.2) is 77.5 Å². The second-order valence-corrected chi connectivity index (χ2v) is 9.58. The molecular formula is C30H33N5O. The molecule has 4 aromatic rings. The van der Waals surface area contributed by atoms with Crippen LogP contribution in [0.5, 0.6) is 0 Å². The Hall–Kier alpha value is -3.93. The average Bonchev–Trinajstić information content (AvgIpc) is 2.90. The summed E-state index contributed by atoms with van der Waals surface area (Å²) in [6.07, 6.45) is 9.21. The van der Waals surface area contributed by atoms with E-state index in [4.69, 9.17) is 4.98 Å². The van der Waals surface area contributed by atoms with Gasteiger partial charge in [-0.2, -0.15) is 0 Å². The number of H-pyrrole nitrogens is 1. The van der Waals surface area contributed by atoms with E-state index in [-0.39, 0.29) is 5.56 Å². The summed E-state index contributed by atoms with van der Waals surface area (Å²) in [5.41, 5.74) is 6.16. The lowest BCUT2D eigenvalue weighted by atomic mass is 9.89. The van der Waals surface area contributed by atoms with E-state index in [1.54, 1.807) is 6.20 Å². The highest BCUT2D eigenvalue weighted by molar-refractivity contribution is 5.95. The third kappa shape index (κ3) is 5.03. The van der Waals surface area contributed by atoms with Gasteiger partial charge < -0.3 is 15.2 Å². The van der Waals surface area contributed by atoms with Gasteiger partial charge in [-0.1, -0.05) is 25.1 Å². The van der Waals surface area contributed by atoms with Gasteiger partial charge in [0.25, 0.3) is 5.56 Å². The number of aromatic amines is 1. The molecule has 0 aliphatic carbocycles. The molecule has 0 radical (unpaired) electrons. The van der Waals surface area contributed by atoms with E-state index < -0.39 is 0 Å². The first-order chi connectivity index (χ1) is 17.5. The van der Waals surface area contributed by atoms with Gasteiger partial charge in [-0.15, -0.1) is 0 Å². The highest BCUT2D eigenvalue weighted by Gasteiger charge is 2.20. The molecule has 4 heterocycles. The summed E-state index contributed by atoms with van der Waals surface area (Å²) in [6, 6.07) is 16.4. The van der Waals surface area contributed by atoms with Gasteiger partial charge in [0, 0.05) is 48.1 Å². The Kier molecular flexibility index (Phi) is 6.85. The van der Waals surface area contributed by atoms with Crippen molar-refractivity contribution in [1.29, 1.82) is 0 Å². The van der Waals surface area contributed by atoms with E-state index in [2.05, 4.69) is 64.4 Å². The number of nitrogens with zero attached hydrogens (tertiary/aromatic N) is 3. The Labute approximate surface area is 212 Å². The molecule has 1 fully saturated rings. The van der Waals surface area contributed by atoms with Crippen LogP contribution >= 0.6 is 0 Å². The number of rotatable bonds is 6. The molecule has 5 rings (SSSR count). The van der Waals surface area contributed by atoms with Crippen LogP contribution in [0.2, 0.25) is 0 Å². The largest absolute Gasteiger partial charge is 0.375 e. The lowest BCUT2D eigenvalue weighted by Crippen LogP contribution is -2.31. The van der Waals surface area contributed by atoms with Crippen LogP contribution < -0.4 is 10.9 Å². The van der Waals surface area contributed by atoms with Gasteiger partial charge >= 0.3 is 0 Å². The van der Waals surface area contributed by atoms with Crippen LogP contribution in [0.3, 0.4) is 0 Å². The lowest BCUT2D eigenvalue weighted by molar-refractivity contribution is 0.263. The number of aryl methyl sites for hydroxylation is 1. The summed E-state index contributed by atoms with van der Waals surface area (Å²) in [6.45, 7) is 8.58. The van der Waals surface area contributed by atoms with E-state index in [9.17, 15) is 4.79 Å². The number of likely N-dealkylation sites (tertiary alicyclic amines) is 1. The number of nitrogens with one attached hydrogen (secondary N) is 2. The van der Waals surface area contributed by atoms with Gasteiger partial charge in [0.2, 0.25) is 0 Å². The van der Waals surface area contributed by atoms with Crippen LogP contribution in [0.4, 0.5) is 11.5 Å². The zero-order valence-electron chi connectivity index (χ0n) is 21.2. The van der Waals surface area contributed by atoms with Crippen molar-refractivity contribution < 1.29 is 0 Å². The maximum absolute atomic E-state index is 12.7. The molecule has 3 aromatic heterocycles. The summed E-state index contributed by atoms with van der Waals surface area (Å²) in [4.78, 5) is 27.2. The van der Waals surface area contributed by atoms with E-state index in [0.29, 0.717) is 17.1 Å². The minimum atomic E-state index is -0.160. The second kappa shape index (κ2) is 10.4. The maximum atomic E-state index is 12.7. The smallest absolute Gasteiger partial charge is 0.259 e. The first-order valence-corrected chi connectivity index (χ1v) is 12.8. The van der Waals surface area contributed by atoms with Crippen LogP contribution in [0.1, 0.15) is 50.3 Å². The van der Waals surface area contributed by atoms with Gasteiger partial charge in [0.05, 0.1) is 11.1 Å². The SMILES string of the molecule is CC/C=C(/C)N1CCC(c2ccc(Nc3nc(-c4ccc(C)nc4)cc4cc[nH]c(=O)c34)cc2)CC1. The number of fused-ring (bicyclic) bond motifs is 1. The molecule has 0 amide bonds. The molecule has 6 nitrogen and oxygen atoms in total. The van der Waals surface area contributed by atoms with Crippen molar-refractivity contribution in [3.63, 3.8) is 0 Å². The summed E-state index contributed by atoms with van der Waals surface area (Å²) in [5.74, 6) is 1.12. The molecule has 0 saturated carbocycles. The Bertz CT molecular complexity index is 1430. The zero-order chi connectivity index (χ0) is 25.1. The standard InChI is InChI=1S/C30H33N5O/c1-4-5-21(3)35-16-13-23(14-17-35)22-8-10-26(11-9-22)33-29-28-24(12-15-31-30(28)36)18-27(34-29)25-7-6-20(2)32-19-25/h5-12,15,18-19,23H,4,13-14,16-17H2,1-3H3,(H,31,36)(H,33,34)/b21-5-. The van der Waals surface area contributed by atoms with E-state index in [1.165, 1.54) is 11.3 Å². The maximum Gasteiger partial charge on any atom is 0.259 e. The fourth-order valence-electron chi connectivity index (χ4n) is 5.04. The predicted molar refractivity (Wildman–Crippen MR) is 148 cm³/mol. The fraction of sp³-hybridized carbons (Fsp3) is 0.300. The number of piperidine rings is 1. The molecule has 2 N–H and O–H groups in total. The quantitative estimate of drug-likeness (QED) is 0.329.